The van der Waals surface area contributed by atoms with E-state index >= 15 is 0 Å². The van der Waals surface area contributed by atoms with Gasteiger partial charge in [-0.05, 0) is 31.0 Å². The van der Waals surface area contributed by atoms with Gasteiger partial charge in [-0.25, -0.2) is 9.97 Å². The van der Waals surface area contributed by atoms with Gasteiger partial charge in [-0.15, -0.1) is 0 Å². The fourth-order valence-corrected chi connectivity index (χ4v) is 2.01. The molecule has 1 aromatic heterocycles. The SMILES string of the molecule is COc1ccccc1N(C)c1ncc(CC(C)N)cn1. The molecule has 5 nitrogen and oxygen atoms in total. The van der Waals surface area contributed by atoms with Gasteiger partial charge in [0.25, 0.3) is 0 Å². The lowest BCUT2D eigenvalue weighted by atomic mass is 10.1. The lowest BCUT2D eigenvalue weighted by Gasteiger charge is -2.19. The number of hydrogen-bond donors (Lipinski definition) is 1. The fourth-order valence-electron chi connectivity index (χ4n) is 2.01. The Balaban J connectivity index is 2.22. The maximum Gasteiger partial charge on any atom is 0.229 e. The summed E-state index contributed by atoms with van der Waals surface area (Å²) in [5, 5.41) is 0. The molecule has 1 unspecified atom stereocenters. The van der Waals surface area contributed by atoms with Gasteiger partial charge in [0.05, 0.1) is 12.8 Å². The van der Waals surface area contributed by atoms with Crippen LogP contribution in [0.3, 0.4) is 0 Å². The van der Waals surface area contributed by atoms with Gasteiger partial charge < -0.3 is 15.4 Å². The van der Waals surface area contributed by atoms with Crippen molar-refractivity contribution in [2.75, 3.05) is 19.1 Å². The summed E-state index contributed by atoms with van der Waals surface area (Å²) in [6.07, 6.45) is 4.41. The van der Waals surface area contributed by atoms with E-state index in [0.29, 0.717) is 5.95 Å². The number of nitrogens with zero attached hydrogens (tertiary/aromatic N) is 3. The fraction of sp³-hybridized carbons (Fsp3) is 0.333. The van der Waals surface area contributed by atoms with Gasteiger partial charge in [-0.1, -0.05) is 12.1 Å². The Bertz CT molecular complexity index is 554. The molecular weight excluding hydrogens is 252 g/mol. The molecule has 2 N–H and O–H groups in total. The van der Waals surface area contributed by atoms with E-state index in [-0.39, 0.29) is 6.04 Å². The second kappa shape index (κ2) is 6.34. The minimum atomic E-state index is 0.108. The van der Waals surface area contributed by atoms with Crippen molar-refractivity contribution in [2.45, 2.75) is 19.4 Å². The molecule has 0 aliphatic heterocycles. The molecule has 0 radical (unpaired) electrons. The highest BCUT2D eigenvalue weighted by atomic mass is 16.5. The van der Waals surface area contributed by atoms with Crippen LogP contribution in [0.25, 0.3) is 0 Å². The third kappa shape index (κ3) is 3.24. The van der Waals surface area contributed by atoms with Crippen LogP contribution in [0.5, 0.6) is 5.75 Å². The first kappa shape index (κ1) is 14.3. The molecule has 0 spiro atoms. The van der Waals surface area contributed by atoms with Crippen LogP contribution in [-0.4, -0.2) is 30.2 Å². The van der Waals surface area contributed by atoms with Crippen molar-refractivity contribution in [3.63, 3.8) is 0 Å². The van der Waals surface area contributed by atoms with Gasteiger partial charge in [-0.2, -0.15) is 0 Å². The molecule has 0 saturated carbocycles. The Kier molecular flexibility index (Phi) is 4.53. The van der Waals surface area contributed by atoms with Gasteiger partial charge in [0.1, 0.15) is 5.75 Å². The molecule has 20 heavy (non-hydrogen) atoms. The number of ether oxygens (including phenoxy) is 1. The molecular formula is C15H20N4O. The average Bonchev–Trinajstić information content (AvgIpc) is 2.46. The number of para-hydroxylation sites is 2. The summed E-state index contributed by atoms with van der Waals surface area (Å²) < 4.78 is 5.35. The topological polar surface area (TPSA) is 64.3 Å². The minimum Gasteiger partial charge on any atom is -0.495 e. The first-order valence-corrected chi connectivity index (χ1v) is 6.55. The number of benzene rings is 1. The predicted octanol–water partition coefficient (Wildman–Crippen LogP) is 2.14. The first-order chi connectivity index (χ1) is 9.61. The van der Waals surface area contributed by atoms with Gasteiger partial charge >= 0.3 is 0 Å². The van der Waals surface area contributed by atoms with Crippen LogP contribution >= 0.6 is 0 Å². The van der Waals surface area contributed by atoms with E-state index in [0.717, 1.165) is 23.4 Å². The van der Waals surface area contributed by atoms with E-state index in [2.05, 4.69) is 9.97 Å². The van der Waals surface area contributed by atoms with Crippen LogP contribution < -0.4 is 15.4 Å². The number of rotatable bonds is 5. The number of anilines is 2. The molecule has 1 atom stereocenters. The van der Waals surface area contributed by atoms with E-state index in [1.165, 1.54) is 0 Å². The number of aromatic nitrogens is 2. The predicted molar refractivity (Wildman–Crippen MR) is 80.4 cm³/mol. The summed E-state index contributed by atoms with van der Waals surface area (Å²) in [6, 6.07) is 7.88. The van der Waals surface area contributed by atoms with E-state index in [1.807, 2.05) is 55.5 Å². The third-order valence-electron chi connectivity index (χ3n) is 3.00. The normalized spacial score (nSPS) is 12.0. The molecule has 0 bridgehead atoms. The molecule has 1 aromatic carbocycles. The van der Waals surface area contributed by atoms with Gasteiger partial charge in [0.2, 0.25) is 5.95 Å². The molecule has 0 saturated heterocycles. The Labute approximate surface area is 119 Å². The van der Waals surface area contributed by atoms with Crippen molar-refractivity contribution >= 4 is 11.6 Å². The molecule has 1 heterocycles. The van der Waals surface area contributed by atoms with Crippen molar-refractivity contribution in [3.05, 3.63) is 42.2 Å². The summed E-state index contributed by atoms with van der Waals surface area (Å²) >= 11 is 0. The lowest BCUT2D eigenvalue weighted by Crippen LogP contribution is -2.19. The third-order valence-corrected chi connectivity index (χ3v) is 3.00. The summed E-state index contributed by atoms with van der Waals surface area (Å²) in [5.74, 6) is 1.42. The Morgan fingerprint density at radius 3 is 2.50 bits per heavy atom. The monoisotopic (exact) mass is 272 g/mol. The van der Waals surface area contributed by atoms with Crippen LogP contribution in [0.2, 0.25) is 0 Å². The summed E-state index contributed by atoms with van der Waals surface area (Å²) in [5.41, 5.74) is 7.73. The summed E-state index contributed by atoms with van der Waals surface area (Å²) in [6.45, 7) is 1.97. The quantitative estimate of drug-likeness (QED) is 0.903. The number of hydrogen-bond acceptors (Lipinski definition) is 5. The number of methoxy groups -OCH3 is 1. The van der Waals surface area contributed by atoms with Crippen molar-refractivity contribution < 1.29 is 4.74 Å². The van der Waals surface area contributed by atoms with E-state index in [4.69, 9.17) is 10.5 Å². The van der Waals surface area contributed by atoms with E-state index in [1.54, 1.807) is 7.11 Å². The van der Waals surface area contributed by atoms with Crippen molar-refractivity contribution in [1.82, 2.24) is 9.97 Å². The zero-order valence-electron chi connectivity index (χ0n) is 12.1. The Morgan fingerprint density at radius 2 is 1.90 bits per heavy atom. The van der Waals surface area contributed by atoms with E-state index in [9.17, 15) is 0 Å². The molecule has 0 amide bonds. The van der Waals surface area contributed by atoms with E-state index < -0.39 is 0 Å². The molecule has 2 rings (SSSR count). The van der Waals surface area contributed by atoms with Crippen molar-refractivity contribution in [3.8, 4) is 5.75 Å². The maximum atomic E-state index is 5.77. The molecule has 0 aliphatic rings. The van der Waals surface area contributed by atoms with Crippen molar-refractivity contribution in [1.29, 1.82) is 0 Å². The van der Waals surface area contributed by atoms with Gasteiger partial charge in [-0.3, -0.25) is 0 Å². The minimum absolute atomic E-state index is 0.108. The van der Waals surface area contributed by atoms with Crippen LogP contribution in [0, 0.1) is 0 Å². The van der Waals surface area contributed by atoms with Gasteiger partial charge in [0.15, 0.2) is 0 Å². The van der Waals surface area contributed by atoms with Crippen LogP contribution in [-0.2, 0) is 6.42 Å². The van der Waals surface area contributed by atoms with Crippen LogP contribution in [0.15, 0.2) is 36.7 Å². The standard InChI is InChI=1S/C15H20N4O/c1-11(16)8-12-9-17-15(18-10-12)19(2)13-6-4-5-7-14(13)20-3/h4-7,9-11H,8,16H2,1-3H3. The Hall–Kier alpha value is -2.14. The smallest absolute Gasteiger partial charge is 0.229 e. The highest BCUT2D eigenvalue weighted by molar-refractivity contribution is 5.64. The molecule has 0 fully saturated rings. The summed E-state index contributed by atoms with van der Waals surface area (Å²) in [4.78, 5) is 10.7. The van der Waals surface area contributed by atoms with Crippen LogP contribution in [0.1, 0.15) is 12.5 Å². The second-order valence-corrected chi connectivity index (χ2v) is 4.80. The largest absolute Gasteiger partial charge is 0.495 e. The number of nitrogens with two attached hydrogens (primary N) is 1. The van der Waals surface area contributed by atoms with Crippen molar-refractivity contribution in [2.24, 2.45) is 5.73 Å². The zero-order valence-corrected chi connectivity index (χ0v) is 12.1. The maximum absolute atomic E-state index is 5.77. The van der Waals surface area contributed by atoms with Gasteiger partial charge in [0, 0.05) is 25.5 Å². The Morgan fingerprint density at radius 1 is 1.25 bits per heavy atom. The zero-order chi connectivity index (χ0) is 14.5. The molecule has 5 heteroatoms. The molecule has 0 aliphatic carbocycles. The first-order valence-electron chi connectivity index (χ1n) is 6.55. The molecule has 2 aromatic rings. The molecule has 106 valence electrons. The highest BCUT2D eigenvalue weighted by Crippen LogP contribution is 2.30. The average molecular weight is 272 g/mol. The summed E-state index contributed by atoms with van der Waals surface area (Å²) in [7, 11) is 3.57. The van der Waals surface area contributed by atoms with Crippen LogP contribution in [0.4, 0.5) is 11.6 Å². The second-order valence-electron chi connectivity index (χ2n) is 4.80. The lowest BCUT2D eigenvalue weighted by molar-refractivity contribution is 0.415. The highest BCUT2D eigenvalue weighted by Gasteiger charge is 2.11.